The number of hydrogen-bond donors (Lipinski definition) is 1. The normalized spacial score (nSPS) is 11.9. The maximum Gasteiger partial charge on any atom is 0.211 e. The molecule has 1 aromatic heterocycles. The minimum atomic E-state index is -3.17. The second-order valence-corrected chi connectivity index (χ2v) is 5.54. The third-order valence-electron chi connectivity index (χ3n) is 2.16. The number of sulfonamides is 1. The van der Waals surface area contributed by atoms with E-state index < -0.39 is 10.0 Å². The molecule has 6 heteroatoms. The van der Waals surface area contributed by atoms with Gasteiger partial charge in [0.1, 0.15) is 0 Å². The largest absolute Gasteiger partial charge is 0.318 e. The molecule has 0 saturated heterocycles. The summed E-state index contributed by atoms with van der Waals surface area (Å²) in [5, 5.41) is 2.93. The maximum atomic E-state index is 11.5. The molecule has 0 aliphatic rings. The summed E-state index contributed by atoms with van der Waals surface area (Å²) in [5.41, 5.74) is 0.893. The molecule has 5 nitrogen and oxygen atoms in total. The number of likely N-dealkylation sites (N-methyl/N-ethyl adjacent to an activating group) is 1. The molecular weight excluding hydrogens is 226 g/mol. The van der Waals surface area contributed by atoms with E-state index in [-0.39, 0.29) is 0 Å². The van der Waals surface area contributed by atoms with Gasteiger partial charge in [0.15, 0.2) is 0 Å². The van der Waals surface area contributed by atoms with Gasteiger partial charge in [0.05, 0.1) is 6.26 Å². The van der Waals surface area contributed by atoms with Gasteiger partial charge >= 0.3 is 0 Å². The van der Waals surface area contributed by atoms with Crippen LogP contribution in [0.5, 0.6) is 0 Å². The van der Waals surface area contributed by atoms with E-state index in [1.807, 2.05) is 6.07 Å². The first kappa shape index (κ1) is 13.1. The Bertz CT molecular complexity index is 405. The fourth-order valence-electron chi connectivity index (χ4n) is 1.29. The lowest BCUT2D eigenvalue weighted by Gasteiger charge is -2.19. The lowest BCUT2D eigenvalue weighted by atomic mass is 10.3. The van der Waals surface area contributed by atoms with Crippen LogP contribution in [-0.2, 0) is 16.6 Å². The van der Waals surface area contributed by atoms with Crippen LogP contribution in [0.1, 0.15) is 5.56 Å². The molecule has 1 rings (SSSR count). The molecule has 0 saturated carbocycles. The Morgan fingerprint density at radius 2 is 2.25 bits per heavy atom. The zero-order chi connectivity index (χ0) is 12.0. The summed E-state index contributed by atoms with van der Waals surface area (Å²) >= 11 is 0. The van der Waals surface area contributed by atoms with E-state index in [0.29, 0.717) is 19.6 Å². The molecule has 0 aliphatic carbocycles. The minimum Gasteiger partial charge on any atom is -0.318 e. The fourth-order valence-corrected chi connectivity index (χ4v) is 2.10. The van der Waals surface area contributed by atoms with Crippen LogP contribution in [0.15, 0.2) is 24.5 Å². The zero-order valence-electron chi connectivity index (χ0n) is 9.55. The van der Waals surface area contributed by atoms with Crippen molar-refractivity contribution in [3.63, 3.8) is 0 Å². The van der Waals surface area contributed by atoms with Crippen molar-refractivity contribution in [2.45, 2.75) is 6.54 Å². The number of pyridine rings is 1. The van der Waals surface area contributed by atoms with Crippen molar-refractivity contribution in [3.8, 4) is 0 Å². The van der Waals surface area contributed by atoms with E-state index in [2.05, 4.69) is 10.3 Å². The van der Waals surface area contributed by atoms with Crippen molar-refractivity contribution in [3.05, 3.63) is 30.1 Å². The van der Waals surface area contributed by atoms with Crippen LogP contribution in [0, 0.1) is 0 Å². The smallest absolute Gasteiger partial charge is 0.211 e. The first-order valence-corrected chi connectivity index (χ1v) is 6.87. The van der Waals surface area contributed by atoms with Gasteiger partial charge in [0.25, 0.3) is 0 Å². The molecular formula is C10H17N3O2S. The Morgan fingerprint density at radius 3 is 2.75 bits per heavy atom. The second kappa shape index (κ2) is 5.93. The summed E-state index contributed by atoms with van der Waals surface area (Å²) in [7, 11) is -1.37. The summed E-state index contributed by atoms with van der Waals surface area (Å²) in [6.07, 6.45) is 4.57. The van der Waals surface area contributed by atoms with Crippen molar-refractivity contribution >= 4 is 10.0 Å². The standard InChI is InChI=1S/C10H17N3O2S/c1-11-6-7-13(16(2,14)15)9-10-4-3-5-12-8-10/h3-5,8,11H,6-7,9H2,1-2H3. The quantitative estimate of drug-likeness (QED) is 0.767. The highest BCUT2D eigenvalue weighted by molar-refractivity contribution is 7.88. The second-order valence-electron chi connectivity index (χ2n) is 3.56. The Hall–Kier alpha value is -0.980. The summed E-state index contributed by atoms with van der Waals surface area (Å²) in [6.45, 7) is 1.46. The van der Waals surface area contributed by atoms with Crippen LogP contribution in [0.25, 0.3) is 0 Å². The van der Waals surface area contributed by atoms with Crippen LogP contribution in [0.4, 0.5) is 0 Å². The minimum absolute atomic E-state index is 0.369. The summed E-state index contributed by atoms with van der Waals surface area (Å²) < 4.78 is 24.5. The molecule has 0 amide bonds. The Balaban J connectivity index is 2.72. The molecule has 0 radical (unpaired) electrons. The van der Waals surface area contributed by atoms with E-state index >= 15 is 0 Å². The van der Waals surface area contributed by atoms with E-state index in [9.17, 15) is 8.42 Å². The molecule has 0 aromatic carbocycles. The SMILES string of the molecule is CNCCN(Cc1cccnc1)S(C)(=O)=O. The van der Waals surface area contributed by atoms with Crippen molar-refractivity contribution in [1.29, 1.82) is 0 Å². The Morgan fingerprint density at radius 1 is 1.50 bits per heavy atom. The highest BCUT2D eigenvalue weighted by atomic mass is 32.2. The van der Waals surface area contributed by atoms with Gasteiger partial charge in [0, 0.05) is 32.0 Å². The molecule has 0 fully saturated rings. The van der Waals surface area contributed by atoms with Crippen LogP contribution in [-0.4, -0.2) is 44.1 Å². The molecule has 90 valence electrons. The third kappa shape index (κ3) is 4.26. The zero-order valence-corrected chi connectivity index (χ0v) is 10.4. The van der Waals surface area contributed by atoms with E-state index in [0.717, 1.165) is 5.56 Å². The van der Waals surface area contributed by atoms with Gasteiger partial charge in [-0.3, -0.25) is 4.98 Å². The van der Waals surface area contributed by atoms with Crippen LogP contribution >= 0.6 is 0 Å². The molecule has 0 unspecified atom stereocenters. The topological polar surface area (TPSA) is 62.3 Å². The Labute approximate surface area is 96.5 Å². The van der Waals surface area contributed by atoms with Crippen LogP contribution < -0.4 is 5.32 Å². The average molecular weight is 243 g/mol. The fraction of sp³-hybridized carbons (Fsp3) is 0.500. The number of hydrogen-bond acceptors (Lipinski definition) is 4. The predicted molar refractivity (Wildman–Crippen MR) is 63.4 cm³/mol. The van der Waals surface area contributed by atoms with E-state index in [4.69, 9.17) is 0 Å². The lowest BCUT2D eigenvalue weighted by molar-refractivity contribution is 0.408. The van der Waals surface area contributed by atoms with Crippen LogP contribution in [0.3, 0.4) is 0 Å². The van der Waals surface area contributed by atoms with Gasteiger partial charge < -0.3 is 5.32 Å². The van der Waals surface area contributed by atoms with Gasteiger partial charge in [-0.2, -0.15) is 4.31 Å². The summed E-state index contributed by atoms with van der Waals surface area (Å²) in [6, 6.07) is 3.67. The van der Waals surface area contributed by atoms with Gasteiger partial charge in [-0.25, -0.2) is 8.42 Å². The molecule has 1 heterocycles. The van der Waals surface area contributed by atoms with Gasteiger partial charge in [0.2, 0.25) is 10.0 Å². The molecule has 1 N–H and O–H groups in total. The first-order chi connectivity index (χ1) is 7.54. The number of aromatic nitrogens is 1. The lowest BCUT2D eigenvalue weighted by Crippen LogP contribution is -2.34. The van der Waals surface area contributed by atoms with E-state index in [1.54, 1.807) is 25.5 Å². The Kier molecular flexibility index (Phi) is 4.85. The summed E-state index contributed by atoms with van der Waals surface area (Å²) in [5.74, 6) is 0. The monoisotopic (exact) mass is 243 g/mol. The third-order valence-corrected chi connectivity index (χ3v) is 3.41. The average Bonchev–Trinajstić information content (AvgIpc) is 2.24. The van der Waals surface area contributed by atoms with E-state index in [1.165, 1.54) is 10.6 Å². The highest BCUT2D eigenvalue weighted by Crippen LogP contribution is 2.06. The molecule has 0 spiro atoms. The summed E-state index contributed by atoms with van der Waals surface area (Å²) in [4.78, 5) is 3.96. The van der Waals surface area contributed by atoms with Crippen molar-refractivity contribution < 1.29 is 8.42 Å². The maximum absolute atomic E-state index is 11.5. The molecule has 1 aromatic rings. The highest BCUT2D eigenvalue weighted by Gasteiger charge is 2.15. The first-order valence-electron chi connectivity index (χ1n) is 5.02. The number of rotatable bonds is 6. The predicted octanol–water partition coefficient (Wildman–Crippen LogP) is 0.0626. The van der Waals surface area contributed by atoms with Gasteiger partial charge in [-0.15, -0.1) is 0 Å². The molecule has 16 heavy (non-hydrogen) atoms. The molecule has 0 atom stereocenters. The number of nitrogens with zero attached hydrogens (tertiary/aromatic N) is 2. The van der Waals surface area contributed by atoms with Crippen molar-refractivity contribution in [1.82, 2.24) is 14.6 Å². The van der Waals surface area contributed by atoms with Crippen molar-refractivity contribution in [2.75, 3.05) is 26.4 Å². The molecule has 0 aliphatic heterocycles. The van der Waals surface area contributed by atoms with Gasteiger partial charge in [-0.05, 0) is 18.7 Å². The van der Waals surface area contributed by atoms with Crippen molar-refractivity contribution in [2.24, 2.45) is 0 Å². The molecule has 0 bridgehead atoms. The van der Waals surface area contributed by atoms with Gasteiger partial charge in [-0.1, -0.05) is 6.07 Å². The number of nitrogens with one attached hydrogen (secondary N) is 1. The van der Waals surface area contributed by atoms with Crippen LogP contribution in [0.2, 0.25) is 0 Å².